The number of hydrogen-bond acceptors (Lipinski definition) is 4. The van der Waals surface area contributed by atoms with Gasteiger partial charge < -0.3 is 9.47 Å². The summed E-state index contributed by atoms with van der Waals surface area (Å²) in [6.45, 7) is 5.85. The van der Waals surface area contributed by atoms with E-state index in [9.17, 15) is 9.59 Å². The first-order valence-corrected chi connectivity index (χ1v) is 10.9. The van der Waals surface area contributed by atoms with Gasteiger partial charge in [-0.15, -0.1) is 0 Å². The minimum absolute atomic E-state index is 0.0206. The van der Waals surface area contributed by atoms with Crippen LogP contribution in [-0.4, -0.2) is 39.3 Å². The quantitative estimate of drug-likeness (QED) is 0.644. The van der Waals surface area contributed by atoms with Crippen molar-refractivity contribution in [1.82, 2.24) is 9.47 Å². The Labute approximate surface area is 183 Å². The van der Waals surface area contributed by atoms with Crippen molar-refractivity contribution in [2.24, 2.45) is 0 Å². The van der Waals surface area contributed by atoms with Gasteiger partial charge >= 0.3 is 12.2 Å². The van der Waals surface area contributed by atoms with Gasteiger partial charge in [0.2, 0.25) is 0 Å². The Morgan fingerprint density at radius 3 is 2.52 bits per heavy atom. The number of rotatable bonds is 3. The number of aromatic nitrogens is 1. The average Bonchev–Trinajstić information content (AvgIpc) is 3.21. The van der Waals surface area contributed by atoms with E-state index in [1.165, 1.54) is 0 Å². The number of benzene rings is 1. The molecule has 4 rings (SSSR count). The number of carbonyl (C=O) groups is 2. The van der Waals surface area contributed by atoms with E-state index in [4.69, 9.17) is 9.47 Å². The summed E-state index contributed by atoms with van der Waals surface area (Å²) in [5.41, 5.74) is 2.33. The monoisotopic (exact) mass is 422 g/mol. The smallest absolute Gasteiger partial charge is 0.418 e. The number of amides is 1. The van der Waals surface area contributed by atoms with Crippen molar-refractivity contribution in [3.05, 3.63) is 66.0 Å². The van der Waals surface area contributed by atoms with Crippen LogP contribution in [0, 0.1) is 0 Å². The normalized spacial score (nSPS) is 20.7. The first kappa shape index (κ1) is 21.2. The molecule has 2 aliphatic heterocycles. The summed E-state index contributed by atoms with van der Waals surface area (Å²) in [4.78, 5) is 27.4. The lowest BCUT2D eigenvalue weighted by atomic mass is 9.84. The highest BCUT2D eigenvalue weighted by Crippen LogP contribution is 2.37. The van der Waals surface area contributed by atoms with Crippen LogP contribution in [0.2, 0.25) is 0 Å². The molecule has 1 aromatic heterocycles. The molecule has 31 heavy (non-hydrogen) atoms. The van der Waals surface area contributed by atoms with Crippen LogP contribution < -0.4 is 0 Å². The fraction of sp³-hybridized carbons (Fsp3) is 0.440. The van der Waals surface area contributed by atoms with Gasteiger partial charge in [-0.25, -0.2) is 9.59 Å². The maximum Gasteiger partial charge on any atom is 0.418 e. The molecule has 3 heterocycles. The molecule has 1 saturated heterocycles. The fourth-order valence-corrected chi connectivity index (χ4v) is 4.41. The highest BCUT2D eigenvalue weighted by molar-refractivity contribution is 5.80. The Balaban J connectivity index is 1.51. The Kier molecular flexibility index (Phi) is 5.90. The molecule has 0 N–H and O–H groups in total. The van der Waals surface area contributed by atoms with Gasteiger partial charge in [0.15, 0.2) is 0 Å². The number of fused-ring (bicyclic) bond motifs is 2. The largest absolute Gasteiger partial charge is 0.445 e. The summed E-state index contributed by atoms with van der Waals surface area (Å²) in [7, 11) is 0. The summed E-state index contributed by atoms with van der Waals surface area (Å²) in [6, 6.07) is 13.6. The van der Waals surface area contributed by atoms with Crippen LogP contribution >= 0.6 is 0 Å². The van der Waals surface area contributed by atoms with Crippen molar-refractivity contribution >= 4 is 17.8 Å². The second kappa shape index (κ2) is 8.61. The minimum atomic E-state index is -0.560. The summed E-state index contributed by atoms with van der Waals surface area (Å²) in [6.07, 6.45) is 6.81. The first-order valence-electron chi connectivity index (χ1n) is 10.9. The second-order valence-corrected chi connectivity index (χ2v) is 9.24. The molecule has 0 spiro atoms. The third kappa shape index (κ3) is 4.84. The zero-order chi connectivity index (χ0) is 22.0. The lowest BCUT2D eigenvalue weighted by Gasteiger charge is -2.44. The zero-order valence-corrected chi connectivity index (χ0v) is 18.4. The van der Waals surface area contributed by atoms with Crippen molar-refractivity contribution in [2.45, 2.75) is 70.7 Å². The van der Waals surface area contributed by atoms with Crippen LogP contribution in [0.5, 0.6) is 0 Å². The molecular weight excluding hydrogens is 392 g/mol. The van der Waals surface area contributed by atoms with Gasteiger partial charge in [0, 0.05) is 12.2 Å². The molecule has 1 fully saturated rings. The maximum absolute atomic E-state index is 12.9. The van der Waals surface area contributed by atoms with Gasteiger partial charge in [0.25, 0.3) is 0 Å². The summed E-state index contributed by atoms with van der Waals surface area (Å²) < 4.78 is 12.7. The molecule has 0 saturated carbocycles. The van der Waals surface area contributed by atoms with Gasteiger partial charge in [-0.2, -0.15) is 0 Å². The Morgan fingerprint density at radius 2 is 1.81 bits per heavy atom. The van der Waals surface area contributed by atoms with Gasteiger partial charge in [0.1, 0.15) is 12.2 Å². The number of hydrogen-bond donors (Lipinski definition) is 0. The van der Waals surface area contributed by atoms with Crippen LogP contribution in [-0.2, 0) is 16.1 Å². The molecule has 2 aliphatic rings. The van der Waals surface area contributed by atoms with Gasteiger partial charge in [0.05, 0.1) is 11.7 Å². The van der Waals surface area contributed by atoms with Crippen molar-refractivity contribution in [3.8, 4) is 0 Å². The topological polar surface area (TPSA) is 60.8 Å². The molecule has 2 aromatic rings. The molecule has 2 bridgehead atoms. The standard InChI is InChI=1S/C25H30N2O4/c1-25(2,3)31-23(28)26-14-8-13-22(26)19-15-20-11-7-12-21(16-19)27(20)24(29)30-17-18-9-5-4-6-10-18/h4-6,8-10,13-15,20-21H,7,11-12,16-17H2,1-3H3. The highest BCUT2D eigenvalue weighted by atomic mass is 16.6. The van der Waals surface area contributed by atoms with Crippen LogP contribution in [0.25, 0.3) is 5.57 Å². The number of nitrogens with zero attached hydrogens (tertiary/aromatic N) is 2. The van der Waals surface area contributed by atoms with E-state index in [2.05, 4.69) is 6.08 Å². The van der Waals surface area contributed by atoms with E-state index in [0.29, 0.717) is 6.42 Å². The Hall–Kier alpha value is -3.02. The molecule has 0 aliphatic carbocycles. The molecule has 0 radical (unpaired) electrons. The van der Waals surface area contributed by atoms with Gasteiger partial charge in [-0.1, -0.05) is 36.4 Å². The van der Waals surface area contributed by atoms with Crippen molar-refractivity contribution < 1.29 is 19.1 Å². The Bertz CT molecular complexity index is 971. The second-order valence-electron chi connectivity index (χ2n) is 9.24. The van der Waals surface area contributed by atoms with Crippen molar-refractivity contribution in [3.63, 3.8) is 0 Å². The summed E-state index contributed by atoms with van der Waals surface area (Å²) in [5.74, 6) is 0. The van der Waals surface area contributed by atoms with E-state index in [0.717, 1.165) is 36.1 Å². The van der Waals surface area contributed by atoms with E-state index in [1.54, 1.807) is 10.8 Å². The minimum Gasteiger partial charge on any atom is -0.445 e. The van der Waals surface area contributed by atoms with Gasteiger partial charge in [-0.3, -0.25) is 9.47 Å². The first-order chi connectivity index (χ1) is 14.8. The van der Waals surface area contributed by atoms with Gasteiger partial charge in [-0.05, 0) is 69.7 Å². The molecular formula is C25H30N2O4. The molecule has 1 aromatic carbocycles. The van der Waals surface area contributed by atoms with Crippen LogP contribution in [0.15, 0.2) is 54.7 Å². The van der Waals surface area contributed by atoms with E-state index >= 15 is 0 Å². The van der Waals surface area contributed by atoms with Crippen molar-refractivity contribution in [2.75, 3.05) is 0 Å². The van der Waals surface area contributed by atoms with Crippen LogP contribution in [0.1, 0.15) is 57.7 Å². The lowest BCUT2D eigenvalue weighted by molar-refractivity contribution is 0.0496. The van der Waals surface area contributed by atoms with E-state index < -0.39 is 5.60 Å². The number of piperidine rings is 1. The fourth-order valence-electron chi connectivity index (χ4n) is 4.41. The highest BCUT2D eigenvalue weighted by Gasteiger charge is 2.39. The van der Waals surface area contributed by atoms with Crippen LogP contribution in [0.3, 0.4) is 0 Å². The number of ether oxygens (including phenoxy) is 2. The summed E-state index contributed by atoms with van der Waals surface area (Å²) >= 11 is 0. The van der Waals surface area contributed by atoms with E-state index in [-0.39, 0.29) is 30.9 Å². The molecule has 2 unspecified atom stereocenters. The SMILES string of the molecule is CC(C)(C)OC(=O)n1cccc1C1=CC2CCCC(C1)N2C(=O)OCc1ccccc1. The molecule has 2 atom stereocenters. The zero-order valence-electron chi connectivity index (χ0n) is 18.4. The lowest BCUT2D eigenvalue weighted by Crippen LogP contribution is -2.51. The predicted octanol–water partition coefficient (Wildman–Crippen LogP) is 5.62. The molecule has 6 heteroatoms. The number of carbonyl (C=O) groups excluding carboxylic acids is 2. The molecule has 164 valence electrons. The summed E-state index contributed by atoms with van der Waals surface area (Å²) in [5, 5.41) is 0. The maximum atomic E-state index is 12.9. The van der Waals surface area contributed by atoms with E-state index in [1.807, 2.05) is 68.1 Å². The van der Waals surface area contributed by atoms with Crippen molar-refractivity contribution in [1.29, 1.82) is 0 Å². The third-order valence-electron chi connectivity index (χ3n) is 5.72. The Morgan fingerprint density at radius 1 is 1.03 bits per heavy atom. The average molecular weight is 423 g/mol. The molecule has 1 amide bonds. The predicted molar refractivity (Wildman–Crippen MR) is 119 cm³/mol. The third-order valence-corrected chi connectivity index (χ3v) is 5.72. The molecule has 6 nitrogen and oxygen atoms in total. The van der Waals surface area contributed by atoms with Crippen LogP contribution in [0.4, 0.5) is 9.59 Å².